The topological polar surface area (TPSA) is 15.3 Å². The Morgan fingerprint density at radius 3 is 2.87 bits per heavy atom. The van der Waals surface area contributed by atoms with Gasteiger partial charge in [-0.2, -0.15) is 0 Å². The Morgan fingerprint density at radius 1 is 1.27 bits per heavy atom. The summed E-state index contributed by atoms with van der Waals surface area (Å²) in [6.45, 7) is 9.78. The Balaban J connectivity index is 1.75. The van der Waals surface area contributed by atoms with Crippen LogP contribution < -0.4 is 5.32 Å². The van der Waals surface area contributed by atoms with E-state index in [0.717, 1.165) is 11.8 Å². The molecule has 3 atom stereocenters. The lowest BCUT2D eigenvalue weighted by atomic mass is 9.82. The van der Waals surface area contributed by atoms with Crippen LogP contribution in [0.2, 0.25) is 0 Å². The quantitative estimate of drug-likeness (QED) is 0.751. The van der Waals surface area contributed by atoms with E-state index in [9.17, 15) is 0 Å². The first-order chi connectivity index (χ1) is 7.24. The van der Waals surface area contributed by atoms with Crippen molar-refractivity contribution in [2.45, 2.75) is 45.6 Å². The molecule has 0 aromatic rings. The van der Waals surface area contributed by atoms with E-state index in [4.69, 9.17) is 0 Å². The molecule has 1 N–H and O–H groups in total. The molecule has 0 aromatic heterocycles. The van der Waals surface area contributed by atoms with Crippen molar-refractivity contribution in [3.05, 3.63) is 0 Å². The molecule has 0 radical (unpaired) electrons. The molecule has 1 aliphatic carbocycles. The zero-order valence-corrected chi connectivity index (χ0v) is 10.3. The molecule has 1 saturated carbocycles. The van der Waals surface area contributed by atoms with E-state index in [1.807, 2.05) is 0 Å². The van der Waals surface area contributed by atoms with Crippen molar-refractivity contribution in [2.75, 3.05) is 26.2 Å². The SMILES string of the molecule is CC1CCCC(CN2CCN[C@@H](C)C2)C1. The maximum atomic E-state index is 3.52. The number of nitrogens with zero attached hydrogens (tertiary/aromatic N) is 1. The third-order valence-electron chi connectivity index (χ3n) is 4.01. The first-order valence-corrected chi connectivity index (χ1v) is 6.70. The van der Waals surface area contributed by atoms with E-state index in [1.165, 1.54) is 51.9 Å². The molecule has 88 valence electrons. The van der Waals surface area contributed by atoms with Crippen molar-refractivity contribution in [3.63, 3.8) is 0 Å². The van der Waals surface area contributed by atoms with Gasteiger partial charge in [0, 0.05) is 32.2 Å². The predicted octanol–water partition coefficient (Wildman–Crippen LogP) is 2.11. The van der Waals surface area contributed by atoms with Gasteiger partial charge in [0.05, 0.1) is 0 Å². The first kappa shape index (κ1) is 11.4. The number of piperazine rings is 1. The van der Waals surface area contributed by atoms with Gasteiger partial charge in [0.2, 0.25) is 0 Å². The van der Waals surface area contributed by atoms with Crippen molar-refractivity contribution < 1.29 is 0 Å². The highest BCUT2D eigenvalue weighted by atomic mass is 15.2. The van der Waals surface area contributed by atoms with E-state index in [1.54, 1.807) is 0 Å². The third-order valence-corrected chi connectivity index (χ3v) is 4.01. The van der Waals surface area contributed by atoms with E-state index < -0.39 is 0 Å². The Kier molecular flexibility index (Phi) is 4.04. The molecular weight excluding hydrogens is 184 g/mol. The van der Waals surface area contributed by atoms with Crippen LogP contribution in [0, 0.1) is 11.8 Å². The largest absolute Gasteiger partial charge is 0.312 e. The average molecular weight is 210 g/mol. The third kappa shape index (κ3) is 3.46. The Hall–Kier alpha value is -0.0800. The molecule has 2 aliphatic rings. The van der Waals surface area contributed by atoms with Crippen LogP contribution in [0.15, 0.2) is 0 Å². The van der Waals surface area contributed by atoms with E-state index >= 15 is 0 Å². The Labute approximate surface area is 94.4 Å². The van der Waals surface area contributed by atoms with Gasteiger partial charge in [0.15, 0.2) is 0 Å². The van der Waals surface area contributed by atoms with Crippen LogP contribution >= 0.6 is 0 Å². The molecule has 1 aliphatic heterocycles. The lowest BCUT2D eigenvalue weighted by Crippen LogP contribution is -2.50. The fourth-order valence-electron chi connectivity index (χ4n) is 3.27. The normalized spacial score (nSPS) is 39.2. The number of hydrogen-bond acceptors (Lipinski definition) is 2. The molecule has 2 heteroatoms. The van der Waals surface area contributed by atoms with Gasteiger partial charge in [-0.1, -0.05) is 19.8 Å². The summed E-state index contributed by atoms with van der Waals surface area (Å²) >= 11 is 0. The van der Waals surface area contributed by atoms with E-state index in [0.29, 0.717) is 6.04 Å². The second-order valence-corrected chi connectivity index (χ2v) is 5.75. The summed E-state index contributed by atoms with van der Waals surface area (Å²) in [7, 11) is 0. The lowest BCUT2D eigenvalue weighted by molar-refractivity contribution is 0.148. The molecular formula is C13H26N2. The van der Waals surface area contributed by atoms with Gasteiger partial charge in [-0.05, 0) is 31.6 Å². The average Bonchev–Trinajstić information content (AvgIpc) is 2.17. The minimum atomic E-state index is 0.694. The van der Waals surface area contributed by atoms with Gasteiger partial charge in [-0.25, -0.2) is 0 Å². The number of rotatable bonds is 2. The highest BCUT2D eigenvalue weighted by molar-refractivity contribution is 4.79. The molecule has 0 spiro atoms. The van der Waals surface area contributed by atoms with Crippen LogP contribution in [0.25, 0.3) is 0 Å². The van der Waals surface area contributed by atoms with Gasteiger partial charge in [0.1, 0.15) is 0 Å². The van der Waals surface area contributed by atoms with Gasteiger partial charge in [-0.3, -0.25) is 0 Å². The standard InChI is InChI=1S/C13H26N2/c1-11-4-3-5-13(8-11)10-15-7-6-14-12(2)9-15/h11-14H,3-10H2,1-2H3/t11?,12-,13?/m0/s1. The van der Waals surface area contributed by atoms with Crippen molar-refractivity contribution in [1.29, 1.82) is 0 Å². The minimum absolute atomic E-state index is 0.694. The smallest absolute Gasteiger partial charge is 0.0167 e. The van der Waals surface area contributed by atoms with Crippen LogP contribution in [0.1, 0.15) is 39.5 Å². The predicted molar refractivity (Wildman–Crippen MR) is 65.0 cm³/mol. The molecule has 0 bridgehead atoms. The summed E-state index contributed by atoms with van der Waals surface area (Å²) < 4.78 is 0. The highest BCUT2D eigenvalue weighted by Crippen LogP contribution is 2.29. The Morgan fingerprint density at radius 2 is 2.13 bits per heavy atom. The first-order valence-electron chi connectivity index (χ1n) is 6.70. The fourth-order valence-corrected chi connectivity index (χ4v) is 3.27. The van der Waals surface area contributed by atoms with Crippen molar-refractivity contribution in [3.8, 4) is 0 Å². The van der Waals surface area contributed by atoms with Crippen molar-refractivity contribution in [1.82, 2.24) is 10.2 Å². The molecule has 2 rings (SSSR count). The summed E-state index contributed by atoms with van der Waals surface area (Å²) in [6.07, 6.45) is 5.88. The minimum Gasteiger partial charge on any atom is -0.312 e. The molecule has 2 unspecified atom stereocenters. The zero-order valence-electron chi connectivity index (χ0n) is 10.3. The maximum Gasteiger partial charge on any atom is 0.0167 e. The second kappa shape index (κ2) is 5.31. The fraction of sp³-hybridized carbons (Fsp3) is 1.00. The summed E-state index contributed by atoms with van der Waals surface area (Å²) in [5.74, 6) is 1.96. The Bertz CT molecular complexity index is 173. The van der Waals surface area contributed by atoms with Crippen LogP contribution in [-0.2, 0) is 0 Å². The maximum absolute atomic E-state index is 3.52. The molecule has 0 aromatic carbocycles. The molecule has 2 fully saturated rings. The van der Waals surface area contributed by atoms with Crippen LogP contribution in [0.3, 0.4) is 0 Å². The zero-order chi connectivity index (χ0) is 10.7. The van der Waals surface area contributed by atoms with E-state index in [-0.39, 0.29) is 0 Å². The second-order valence-electron chi connectivity index (χ2n) is 5.75. The number of nitrogens with one attached hydrogen (secondary N) is 1. The summed E-state index contributed by atoms with van der Waals surface area (Å²) in [5, 5.41) is 3.52. The van der Waals surface area contributed by atoms with Crippen LogP contribution in [-0.4, -0.2) is 37.1 Å². The van der Waals surface area contributed by atoms with Gasteiger partial charge in [-0.15, -0.1) is 0 Å². The molecule has 2 nitrogen and oxygen atoms in total. The summed E-state index contributed by atoms with van der Waals surface area (Å²) in [4.78, 5) is 2.67. The van der Waals surface area contributed by atoms with Gasteiger partial charge >= 0.3 is 0 Å². The van der Waals surface area contributed by atoms with Gasteiger partial charge < -0.3 is 10.2 Å². The number of hydrogen-bond donors (Lipinski definition) is 1. The van der Waals surface area contributed by atoms with Crippen LogP contribution in [0.5, 0.6) is 0 Å². The molecule has 0 amide bonds. The summed E-state index contributed by atoms with van der Waals surface area (Å²) in [5.41, 5.74) is 0. The van der Waals surface area contributed by atoms with Gasteiger partial charge in [0.25, 0.3) is 0 Å². The molecule has 1 heterocycles. The molecule has 1 saturated heterocycles. The van der Waals surface area contributed by atoms with Crippen molar-refractivity contribution >= 4 is 0 Å². The van der Waals surface area contributed by atoms with Crippen LogP contribution in [0.4, 0.5) is 0 Å². The summed E-state index contributed by atoms with van der Waals surface area (Å²) in [6, 6.07) is 0.694. The van der Waals surface area contributed by atoms with Crippen molar-refractivity contribution in [2.24, 2.45) is 11.8 Å². The highest BCUT2D eigenvalue weighted by Gasteiger charge is 2.23. The van der Waals surface area contributed by atoms with E-state index in [2.05, 4.69) is 24.1 Å². The lowest BCUT2D eigenvalue weighted by Gasteiger charge is -2.36. The monoisotopic (exact) mass is 210 g/mol. The molecule has 15 heavy (non-hydrogen) atoms.